The van der Waals surface area contributed by atoms with Crippen LogP contribution in [0.4, 0.5) is 0 Å². The van der Waals surface area contributed by atoms with Gasteiger partial charge >= 0.3 is 0 Å². The standard InChI is InChI=1S/C19H13ClN2O3/c20-13-3-6-17-21-18-12(2-4-14(18)19(23)22(17)9-13)7-11-1-5-15-16(8-11)25-10-24-15/h1,3,5-9H,2,4,10H2/b12-7+. The molecule has 2 aliphatic rings. The second-order valence-electron chi connectivity index (χ2n) is 6.10. The number of allylic oxidation sites excluding steroid dienone is 1. The SMILES string of the molecule is O=c1c2c(nc3ccc(Cl)cn13)/C(=C/c1ccc3c(c1)OCO3)CC2. The van der Waals surface area contributed by atoms with Gasteiger partial charge in [-0.2, -0.15) is 0 Å². The van der Waals surface area contributed by atoms with E-state index in [0.29, 0.717) is 17.1 Å². The molecule has 3 heterocycles. The van der Waals surface area contributed by atoms with Crippen molar-refractivity contribution in [1.82, 2.24) is 9.38 Å². The Bertz CT molecular complexity index is 1120. The molecule has 124 valence electrons. The maximum absolute atomic E-state index is 12.7. The van der Waals surface area contributed by atoms with Crippen LogP contribution in [0.2, 0.25) is 5.02 Å². The summed E-state index contributed by atoms with van der Waals surface area (Å²) in [6.07, 6.45) is 5.16. The van der Waals surface area contributed by atoms with Crippen LogP contribution in [0.25, 0.3) is 17.3 Å². The molecule has 1 aliphatic carbocycles. The molecule has 6 heteroatoms. The van der Waals surface area contributed by atoms with Gasteiger partial charge in [-0.15, -0.1) is 0 Å². The first-order chi connectivity index (χ1) is 12.2. The van der Waals surface area contributed by atoms with Crippen LogP contribution in [0.15, 0.2) is 41.3 Å². The number of hydrogen-bond acceptors (Lipinski definition) is 4. The molecule has 0 unspecified atom stereocenters. The summed E-state index contributed by atoms with van der Waals surface area (Å²) in [5.41, 5.74) is 4.15. The minimum atomic E-state index is -0.0448. The van der Waals surface area contributed by atoms with Gasteiger partial charge in [-0.1, -0.05) is 17.7 Å². The number of pyridine rings is 1. The fraction of sp³-hybridized carbons (Fsp3) is 0.158. The number of rotatable bonds is 1. The molecule has 0 saturated carbocycles. The van der Waals surface area contributed by atoms with Crippen molar-refractivity contribution in [1.29, 1.82) is 0 Å². The second kappa shape index (κ2) is 5.36. The molecule has 0 spiro atoms. The number of aromatic nitrogens is 2. The molecule has 0 atom stereocenters. The van der Waals surface area contributed by atoms with Crippen molar-refractivity contribution in [3.63, 3.8) is 0 Å². The Morgan fingerprint density at radius 1 is 1.12 bits per heavy atom. The Morgan fingerprint density at radius 3 is 2.92 bits per heavy atom. The van der Waals surface area contributed by atoms with Crippen molar-refractivity contribution in [2.45, 2.75) is 12.8 Å². The molecule has 1 aromatic carbocycles. The van der Waals surface area contributed by atoms with E-state index in [1.807, 2.05) is 18.2 Å². The Morgan fingerprint density at radius 2 is 2.00 bits per heavy atom. The van der Waals surface area contributed by atoms with Crippen LogP contribution in [0.5, 0.6) is 11.5 Å². The van der Waals surface area contributed by atoms with Crippen LogP contribution < -0.4 is 15.0 Å². The van der Waals surface area contributed by atoms with Crippen LogP contribution >= 0.6 is 11.6 Å². The van der Waals surface area contributed by atoms with E-state index in [-0.39, 0.29) is 12.4 Å². The Kier molecular flexibility index (Phi) is 3.12. The lowest BCUT2D eigenvalue weighted by Gasteiger charge is -2.06. The Balaban J connectivity index is 1.64. The molecule has 5 rings (SSSR count). The average Bonchev–Trinajstić information content (AvgIpc) is 3.23. The number of nitrogens with zero attached hydrogens (tertiary/aromatic N) is 2. The maximum atomic E-state index is 12.7. The summed E-state index contributed by atoms with van der Waals surface area (Å²) in [6.45, 7) is 0.255. The molecule has 2 aromatic heterocycles. The normalized spacial score (nSPS) is 16.6. The van der Waals surface area contributed by atoms with Gasteiger partial charge in [0.25, 0.3) is 5.56 Å². The molecule has 0 N–H and O–H groups in total. The minimum Gasteiger partial charge on any atom is -0.454 e. The third-order valence-electron chi connectivity index (χ3n) is 4.57. The zero-order valence-corrected chi connectivity index (χ0v) is 13.9. The monoisotopic (exact) mass is 352 g/mol. The lowest BCUT2D eigenvalue weighted by Crippen LogP contribution is -2.19. The molecule has 5 nitrogen and oxygen atoms in total. The van der Waals surface area contributed by atoms with Crippen molar-refractivity contribution in [2.24, 2.45) is 0 Å². The third kappa shape index (κ3) is 2.31. The molecule has 0 fully saturated rings. The number of hydrogen-bond donors (Lipinski definition) is 0. The number of ether oxygens (including phenoxy) is 2. The summed E-state index contributed by atoms with van der Waals surface area (Å²) >= 11 is 6.00. The molecule has 0 radical (unpaired) electrons. The Hall–Kier alpha value is -2.79. The maximum Gasteiger partial charge on any atom is 0.261 e. The van der Waals surface area contributed by atoms with Crippen LogP contribution in [-0.2, 0) is 6.42 Å². The van der Waals surface area contributed by atoms with Crippen LogP contribution in [0.3, 0.4) is 0 Å². The fourth-order valence-electron chi connectivity index (χ4n) is 3.36. The van der Waals surface area contributed by atoms with Gasteiger partial charge in [0.2, 0.25) is 6.79 Å². The van der Waals surface area contributed by atoms with Crippen LogP contribution in [0.1, 0.15) is 23.2 Å². The summed E-state index contributed by atoms with van der Waals surface area (Å²) in [5.74, 6) is 1.50. The highest BCUT2D eigenvalue weighted by atomic mass is 35.5. The molecule has 3 aromatic rings. The summed E-state index contributed by atoms with van der Waals surface area (Å²) < 4.78 is 12.3. The Labute approximate surface area is 148 Å². The number of halogens is 1. The van der Waals surface area contributed by atoms with E-state index in [2.05, 4.69) is 11.1 Å². The van der Waals surface area contributed by atoms with Crippen molar-refractivity contribution >= 4 is 28.9 Å². The first kappa shape index (κ1) is 14.5. The summed E-state index contributed by atoms with van der Waals surface area (Å²) in [4.78, 5) is 17.4. The van der Waals surface area contributed by atoms with Gasteiger partial charge in [0, 0.05) is 11.8 Å². The average molecular weight is 353 g/mol. The molecular formula is C19H13ClN2O3. The molecule has 0 bridgehead atoms. The third-order valence-corrected chi connectivity index (χ3v) is 4.79. The highest BCUT2D eigenvalue weighted by Crippen LogP contribution is 2.35. The minimum absolute atomic E-state index is 0.0448. The van der Waals surface area contributed by atoms with Crippen molar-refractivity contribution in [3.05, 3.63) is 68.7 Å². The quantitative estimate of drug-likeness (QED) is 0.672. The van der Waals surface area contributed by atoms with E-state index in [1.54, 1.807) is 18.3 Å². The van der Waals surface area contributed by atoms with Gasteiger partial charge in [-0.05, 0) is 54.3 Å². The number of benzene rings is 1. The van der Waals surface area contributed by atoms with Gasteiger partial charge in [0.05, 0.1) is 10.7 Å². The molecule has 0 saturated heterocycles. The van der Waals surface area contributed by atoms with Crippen molar-refractivity contribution in [3.8, 4) is 11.5 Å². The first-order valence-corrected chi connectivity index (χ1v) is 8.38. The van der Waals surface area contributed by atoms with Gasteiger partial charge in [0.15, 0.2) is 11.5 Å². The molecule has 25 heavy (non-hydrogen) atoms. The summed E-state index contributed by atoms with van der Waals surface area (Å²) in [6, 6.07) is 9.33. The topological polar surface area (TPSA) is 52.8 Å². The largest absolute Gasteiger partial charge is 0.454 e. The summed E-state index contributed by atoms with van der Waals surface area (Å²) in [7, 11) is 0. The van der Waals surface area contributed by atoms with E-state index in [4.69, 9.17) is 21.1 Å². The highest BCUT2D eigenvalue weighted by Gasteiger charge is 2.23. The van der Waals surface area contributed by atoms with Gasteiger partial charge < -0.3 is 9.47 Å². The predicted octanol–water partition coefficient (Wildman–Crippen LogP) is 3.56. The molecular weight excluding hydrogens is 340 g/mol. The van der Waals surface area contributed by atoms with E-state index in [0.717, 1.165) is 40.3 Å². The summed E-state index contributed by atoms with van der Waals surface area (Å²) in [5, 5.41) is 0.519. The first-order valence-electron chi connectivity index (χ1n) is 8.00. The fourth-order valence-corrected chi connectivity index (χ4v) is 3.52. The van der Waals surface area contributed by atoms with E-state index < -0.39 is 0 Å². The van der Waals surface area contributed by atoms with Crippen molar-refractivity contribution < 1.29 is 9.47 Å². The second-order valence-corrected chi connectivity index (χ2v) is 6.54. The van der Waals surface area contributed by atoms with Crippen molar-refractivity contribution in [2.75, 3.05) is 6.79 Å². The smallest absolute Gasteiger partial charge is 0.261 e. The molecule has 1 aliphatic heterocycles. The highest BCUT2D eigenvalue weighted by molar-refractivity contribution is 6.30. The van der Waals surface area contributed by atoms with Gasteiger partial charge in [-0.25, -0.2) is 4.98 Å². The predicted molar refractivity (Wildman–Crippen MR) is 95.2 cm³/mol. The van der Waals surface area contributed by atoms with Gasteiger partial charge in [-0.3, -0.25) is 9.20 Å². The zero-order chi connectivity index (χ0) is 17.0. The van der Waals surface area contributed by atoms with E-state index in [9.17, 15) is 4.79 Å². The van der Waals surface area contributed by atoms with Crippen LogP contribution in [0, 0.1) is 0 Å². The van der Waals surface area contributed by atoms with Crippen LogP contribution in [-0.4, -0.2) is 16.2 Å². The van der Waals surface area contributed by atoms with E-state index >= 15 is 0 Å². The van der Waals surface area contributed by atoms with Gasteiger partial charge in [0.1, 0.15) is 5.65 Å². The molecule has 0 amide bonds. The lowest BCUT2D eigenvalue weighted by molar-refractivity contribution is 0.174. The zero-order valence-electron chi connectivity index (χ0n) is 13.2. The van der Waals surface area contributed by atoms with E-state index in [1.165, 1.54) is 4.40 Å². The lowest BCUT2D eigenvalue weighted by atomic mass is 10.1. The number of fused-ring (bicyclic) bond motifs is 3.